The largest absolute Gasteiger partial charge is 0.339 e. The van der Waals surface area contributed by atoms with Crippen molar-refractivity contribution >= 4 is 23.6 Å². The summed E-state index contributed by atoms with van der Waals surface area (Å²) in [7, 11) is 0. The second-order valence-corrected chi connectivity index (χ2v) is 9.21. The summed E-state index contributed by atoms with van der Waals surface area (Å²) >= 11 is 1.47. The van der Waals surface area contributed by atoms with Crippen molar-refractivity contribution in [2.75, 3.05) is 31.9 Å². The summed E-state index contributed by atoms with van der Waals surface area (Å²) in [6.07, 6.45) is 9.31. The highest BCUT2D eigenvalue weighted by atomic mass is 32.2. The monoisotopic (exact) mass is 426 g/mol. The molecule has 2 aromatic rings. The maximum atomic E-state index is 12.7. The number of imidazole rings is 1. The van der Waals surface area contributed by atoms with Crippen molar-refractivity contribution in [1.29, 1.82) is 0 Å². The fraction of sp³-hybridized carbons (Fsp3) is 0.522. The number of nitrogens with zero attached hydrogens (tertiary/aromatic N) is 4. The quantitative estimate of drug-likeness (QED) is 0.663. The maximum Gasteiger partial charge on any atom is 0.233 e. The van der Waals surface area contributed by atoms with Gasteiger partial charge in [-0.05, 0) is 37.3 Å². The molecule has 1 aliphatic carbocycles. The average Bonchev–Trinajstić information content (AvgIpc) is 3.44. The first-order valence-electron chi connectivity index (χ1n) is 10.9. The Morgan fingerprint density at radius 3 is 2.40 bits per heavy atom. The lowest BCUT2D eigenvalue weighted by Crippen LogP contribution is -2.51. The summed E-state index contributed by atoms with van der Waals surface area (Å²) in [6, 6.07) is 8.16. The van der Waals surface area contributed by atoms with Crippen LogP contribution in [0.4, 0.5) is 0 Å². The van der Waals surface area contributed by atoms with Crippen molar-refractivity contribution in [2.24, 2.45) is 5.92 Å². The summed E-state index contributed by atoms with van der Waals surface area (Å²) in [5, 5.41) is 0.822. The van der Waals surface area contributed by atoms with Crippen LogP contribution >= 0.6 is 11.8 Å². The fourth-order valence-electron chi connectivity index (χ4n) is 4.43. The van der Waals surface area contributed by atoms with Crippen molar-refractivity contribution in [3.63, 3.8) is 0 Å². The second-order valence-electron chi connectivity index (χ2n) is 8.27. The van der Waals surface area contributed by atoms with Crippen LogP contribution in [0.15, 0.2) is 41.8 Å². The van der Waals surface area contributed by atoms with Gasteiger partial charge in [0.15, 0.2) is 5.16 Å². The molecule has 1 aromatic carbocycles. The normalized spacial score (nSPS) is 17.5. The Labute approximate surface area is 182 Å². The predicted octanol–water partition coefficient (Wildman–Crippen LogP) is 3.52. The van der Waals surface area contributed by atoms with E-state index >= 15 is 0 Å². The molecule has 0 unspecified atom stereocenters. The molecule has 0 bridgehead atoms. The molecule has 4 rings (SSSR count). The number of hydrogen-bond acceptors (Lipinski definition) is 4. The molecule has 2 amide bonds. The van der Waals surface area contributed by atoms with Gasteiger partial charge in [-0.2, -0.15) is 0 Å². The van der Waals surface area contributed by atoms with Crippen molar-refractivity contribution in [3.8, 4) is 5.69 Å². The van der Waals surface area contributed by atoms with E-state index in [1.54, 1.807) is 6.20 Å². The van der Waals surface area contributed by atoms with Crippen LogP contribution in [0.25, 0.3) is 5.69 Å². The summed E-state index contributed by atoms with van der Waals surface area (Å²) in [5.74, 6) is 1.32. The molecule has 1 aliphatic heterocycles. The SMILES string of the molecule is Cc1ccccc1-n1ccnc1SCC(=O)N1CCN(C(=O)CC2CCCC2)CC1. The van der Waals surface area contributed by atoms with Gasteiger partial charge in [-0.15, -0.1) is 0 Å². The van der Waals surface area contributed by atoms with E-state index in [0.717, 1.165) is 10.8 Å². The molecular formula is C23H30N4O2S. The molecule has 0 spiro atoms. The summed E-state index contributed by atoms with van der Waals surface area (Å²) < 4.78 is 2.03. The van der Waals surface area contributed by atoms with Crippen LogP contribution < -0.4 is 0 Å². The molecule has 2 aliphatic rings. The van der Waals surface area contributed by atoms with Crippen LogP contribution in [0.3, 0.4) is 0 Å². The smallest absolute Gasteiger partial charge is 0.233 e. The number of thioether (sulfide) groups is 1. The molecule has 0 radical (unpaired) electrons. The van der Waals surface area contributed by atoms with Crippen LogP contribution in [0, 0.1) is 12.8 Å². The molecule has 1 saturated carbocycles. The van der Waals surface area contributed by atoms with Gasteiger partial charge in [0.25, 0.3) is 0 Å². The zero-order valence-electron chi connectivity index (χ0n) is 17.6. The van der Waals surface area contributed by atoms with Gasteiger partial charge >= 0.3 is 0 Å². The Kier molecular flexibility index (Phi) is 6.77. The van der Waals surface area contributed by atoms with Crippen LogP contribution in [0.5, 0.6) is 0 Å². The highest BCUT2D eigenvalue weighted by molar-refractivity contribution is 7.99. The lowest BCUT2D eigenvalue weighted by molar-refractivity contribution is -0.138. The molecule has 1 aromatic heterocycles. The molecule has 7 heteroatoms. The van der Waals surface area contributed by atoms with Gasteiger partial charge < -0.3 is 9.80 Å². The molecule has 0 N–H and O–H groups in total. The van der Waals surface area contributed by atoms with Gasteiger partial charge in [0, 0.05) is 45.0 Å². The fourth-order valence-corrected chi connectivity index (χ4v) is 5.30. The number of rotatable bonds is 6. The first kappa shape index (κ1) is 21.0. The third kappa shape index (κ3) is 4.89. The van der Waals surface area contributed by atoms with Crippen LogP contribution in [-0.4, -0.2) is 63.1 Å². The van der Waals surface area contributed by atoms with Gasteiger partial charge in [-0.3, -0.25) is 14.2 Å². The number of amides is 2. The van der Waals surface area contributed by atoms with E-state index < -0.39 is 0 Å². The van der Waals surface area contributed by atoms with Gasteiger partial charge in [-0.1, -0.05) is 42.8 Å². The lowest BCUT2D eigenvalue weighted by atomic mass is 10.0. The zero-order chi connectivity index (χ0) is 20.9. The molecule has 2 heterocycles. The molecule has 0 atom stereocenters. The van der Waals surface area contributed by atoms with Gasteiger partial charge in [-0.25, -0.2) is 4.98 Å². The standard InChI is InChI=1S/C23H30N4O2S/c1-18-6-2-5-9-20(18)27-11-10-24-23(27)30-17-22(29)26-14-12-25(13-15-26)21(28)16-19-7-3-4-8-19/h2,5-6,9-11,19H,3-4,7-8,12-17H2,1H3. The van der Waals surface area contributed by atoms with E-state index in [-0.39, 0.29) is 11.8 Å². The zero-order valence-corrected chi connectivity index (χ0v) is 18.4. The third-order valence-electron chi connectivity index (χ3n) is 6.23. The van der Waals surface area contributed by atoms with Crippen LogP contribution in [-0.2, 0) is 9.59 Å². The number of carbonyl (C=O) groups is 2. The Morgan fingerprint density at radius 1 is 1.03 bits per heavy atom. The number of aryl methyl sites for hydroxylation is 1. The Morgan fingerprint density at radius 2 is 1.70 bits per heavy atom. The van der Waals surface area contributed by atoms with Gasteiger partial charge in [0.2, 0.25) is 11.8 Å². The number of benzene rings is 1. The second kappa shape index (κ2) is 9.69. The number of carbonyl (C=O) groups excluding carboxylic acids is 2. The number of para-hydroxylation sites is 1. The van der Waals surface area contributed by atoms with E-state index in [9.17, 15) is 9.59 Å². The van der Waals surface area contributed by atoms with Crippen molar-refractivity contribution in [1.82, 2.24) is 19.4 Å². The highest BCUT2D eigenvalue weighted by Crippen LogP contribution is 2.28. The van der Waals surface area contributed by atoms with E-state index in [2.05, 4.69) is 24.0 Å². The molecule has 2 fully saturated rings. The van der Waals surface area contributed by atoms with Crippen molar-refractivity contribution in [3.05, 3.63) is 42.2 Å². The minimum absolute atomic E-state index is 0.113. The lowest BCUT2D eigenvalue weighted by Gasteiger charge is -2.35. The van der Waals surface area contributed by atoms with Crippen LogP contribution in [0.1, 0.15) is 37.7 Å². The Bertz CT molecular complexity index is 883. The van der Waals surface area contributed by atoms with E-state index in [0.29, 0.717) is 44.3 Å². The van der Waals surface area contributed by atoms with Crippen LogP contribution in [0.2, 0.25) is 0 Å². The summed E-state index contributed by atoms with van der Waals surface area (Å²) in [4.78, 5) is 33.5. The van der Waals surface area contributed by atoms with E-state index in [1.165, 1.54) is 43.0 Å². The number of aromatic nitrogens is 2. The molecular weight excluding hydrogens is 396 g/mol. The van der Waals surface area contributed by atoms with E-state index in [1.807, 2.05) is 32.7 Å². The average molecular weight is 427 g/mol. The molecule has 6 nitrogen and oxygen atoms in total. The predicted molar refractivity (Wildman–Crippen MR) is 119 cm³/mol. The van der Waals surface area contributed by atoms with Gasteiger partial charge in [0.05, 0.1) is 11.4 Å². The Balaban J connectivity index is 1.26. The minimum atomic E-state index is 0.113. The molecule has 1 saturated heterocycles. The first-order valence-corrected chi connectivity index (χ1v) is 11.9. The maximum absolute atomic E-state index is 12.7. The summed E-state index contributed by atoms with van der Waals surface area (Å²) in [6.45, 7) is 4.63. The van der Waals surface area contributed by atoms with Gasteiger partial charge in [0.1, 0.15) is 0 Å². The minimum Gasteiger partial charge on any atom is -0.339 e. The molecule has 160 valence electrons. The number of piperazine rings is 1. The van der Waals surface area contributed by atoms with E-state index in [4.69, 9.17) is 0 Å². The number of hydrogen-bond donors (Lipinski definition) is 0. The summed E-state index contributed by atoms with van der Waals surface area (Å²) in [5.41, 5.74) is 2.25. The van der Waals surface area contributed by atoms with Crippen molar-refractivity contribution < 1.29 is 9.59 Å². The topological polar surface area (TPSA) is 58.4 Å². The highest BCUT2D eigenvalue weighted by Gasteiger charge is 2.27. The van der Waals surface area contributed by atoms with Crippen molar-refractivity contribution in [2.45, 2.75) is 44.2 Å². The third-order valence-corrected chi connectivity index (χ3v) is 7.18. The Hall–Kier alpha value is -2.28. The molecule has 30 heavy (non-hydrogen) atoms. The first-order chi connectivity index (χ1) is 14.6.